The van der Waals surface area contributed by atoms with Crippen molar-refractivity contribution in [2.24, 2.45) is 0 Å². The molecule has 1 atom stereocenters. The highest BCUT2D eigenvalue weighted by Crippen LogP contribution is 2.29. The van der Waals surface area contributed by atoms with Crippen molar-refractivity contribution in [2.75, 3.05) is 20.6 Å². The first kappa shape index (κ1) is 16.9. The molecule has 0 aliphatic carbocycles. The minimum absolute atomic E-state index is 0.395. The molecule has 0 amide bonds. The average Bonchev–Trinajstić information content (AvgIpc) is 2.65. The lowest BCUT2D eigenvalue weighted by molar-refractivity contribution is 0.348. The van der Waals surface area contributed by atoms with Gasteiger partial charge in [0.2, 0.25) is 0 Å². The first-order chi connectivity index (χ1) is 12.6. The van der Waals surface area contributed by atoms with E-state index in [1.807, 2.05) is 12.3 Å². The molecule has 4 rings (SSSR count). The Labute approximate surface area is 153 Å². The van der Waals surface area contributed by atoms with E-state index in [0.29, 0.717) is 6.04 Å². The number of hydrogen-bond acceptors (Lipinski definition) is 4. The van der Waals surface area contributed by atoms with Crippen LogP contribution in [0.2, 0.25) is 0 Å². The van der Waals surface area contributed by atoms with Crippen LogP contribution in [-0.2, 0) is 6.54 Å². The van der Waals surface area contributed by atoms with Gasteiger partial charge in [-0.1, -0.05) is 48.5 Å². The van der Waals surface area contributed by atoms with E-state index in [4.69, 9.17) is 9.97 Å². The molecule has 0 saturated heterocycles. The number of pyridine rings is 2. The molecule has 4 aromatic rings. The molecule has 4 heteroatoms. The van der Waals surface area contributed by atoms with Crippen molar-refractivity contribution >= 4 is 32.6 Å². The second-order valence-electron chi connectivity index (χ2n) is 7.19. The molecule has 0 saturated carbocycles. The van der Waals surface area contributed by atoms with Crippen LogP contribution in [0.5, 0.6) is 0 Å². The molecule has 2 heterocycles. The fourth-order valence-corrected chi connectivity index (χ4v) is 3.61. The Bertz CT molecular complexity index is 1070. The lowest BCUT2D eigenvalue weighted by Gasteiger charge is -2.19. The van der Waals surface area contributed by atoms with Gasteiger partial charge in [0.25, 0.3) is 0 Å². The molecule has 0 spiro atoms. The van der Waals surface area contributed by atoms with Crippen molar-refractivity contribution in [2.45, 2.75) is 19.5 Å². The van der Waals surface area contributed by atoms with Gasteiger partial charge in [0.1, 0.15) is 0 Å². The van der Waals surface area contributed by atoms with Gasteiger partial charge in [-0.15, -0.1) is 0 Å². The number of hydrogen-bond donors (Lipinski definition) is 1. The molecule has 1 N–H and O–H groups in total. The van der Waals surface area contributed by atoms with E-state index < -0.39 is 0 Å². The summed E-state index contributed by atoms with van der Waals surface area (Å²) in [7, 11) is 4.19. The fourth-order valence-electron chi connectivity index (χ4n) is 3.61. The summed E-state index contributed by atoms with van der Waals surface area (Å²) in [6.45, 7) is 3.95. The summed E-state index contributed by atoms with van der Waals surface area (Å²) in [5, 5.41) is 8.24. The van der Waals surface area contributed by atoms with Crippen molar-refractivity contribution in [1.82, 2.24) is 20.2 Å². The highest BCUT2D eigenvalue weighted by atomic mass is 15.1. The summed E-state index contributed by atoms with van der Waals surface area (Å²) in [5.74, 6) is 0. The molecule has 132 valence electrons. The molecule has 1 unspecified atom stereocenters. The Kier molecular flexibility index (Phi) is 4.53. The van der Waals surface area contributed by atoms with E-state index in [2.05, 4.69) is 73.7 Å². The van der Waals surface area contributed by atoms with Crippen LogP contribution in [0.25, 0.3) is 32.6 Å². The minimum Gasteiger partial charge on any atom is -0.308 e. The molecular weight excluding hydrogens is 320 g/mol. The standard InChI is InChI=1S/C22H24N4/c1-15(14-26(2)3)23-13-20-18-10-6-7-11-19(18)21-22(25-20)17-9-5-4-8-16(17)12-24-21/h4-12,15,23H,13-14H2,1-3H3. The van der Waals surface area contributed by atoms with Gasteiger partial charge in [-0.3, -0.25) is 4.98 Å². The predicted molar refractivity (Wildman–Crippen MR) is 109 cm³/mol. The van der Waals surface area contributed by atoms with Gasteiger partial charge in [0.15, 0.2) is 0 Å². The zero-order chi connectivity index (χ0) is 18.1. The van der Waals surface area contributed by atoms with Gasteiger partial charge in [0, 0.05) is 46.9 Å². The third kappa shape index (κ3) is 3.14. The van der Waals surface area contributed by atoms with Crippen molar-refractivity contribution in [3.63, 3.8) is 0 Å². The van der Waals surface area contributed by atoms with Gasteiger partial charge in [0.05, 0.1) is 16.7 Å². The molecule has 0 aliphatic rings. The molecule has 4 nitrogen and oxygen atoms in total. The van der Waals surface area contributed by atoms with E-state index in [1.54, 1.807) is 0 Å². The van der Waals surface area contributed by atoms with Gasteiger partial charge < -0.3 is 10.2 Å². The van der Waals surface area contributed by atoms with Crippen molar-refractivity contribution in [1.29, 1.82) is 0 Å². The van der Waals surface area contributed by atoms with Gasteiger partial charge in [-0.2, -0.15) is 0 Å². The number of likely N-dealkylation sites (N-methyl/N-ethyl adjacent to an activating group) is 1. The summed E-state index contributed by atoms with van der Waals surface area (Å²) in [4.78, 5) is 12.0. The summed E-state index contributed by atoms with van der Waals surface area (Å²) < 4.78 is 0. The maximum atomic E-state index is 5.04. The Morgan fingerprint density at radius 1 is 0.923 bits per heavy atom. The number of aromatic nitrogens is 2. The number of rotatable bonds is 5. The maximum Gasteiger partial charge on any atom is 0.0975 e. The highest BCUT2D eigenvalue weighted by molar-refractivity contribution is 6.13. The Morgan fingerprint density at radius 3 is 2.38 bits per heavy atom. The van der Waals surface area contributed by atoms with Crippen LogP contribution in [0.15, 0.2) is 54.7 Å². The van der Waals surface area contributed by atoms with Crippen molar-refractivity contribution in [3.8, 4) is 0 Å². The molecule has 0 aliphatic heterocycles. The SMILES string of the molecule is CC(CN(C)C)NCc1nc2c3ccccc3cnc2c2ccccc12. The number of nitrogens with zero attached hydrogens (tertiary/aromatic N) is 3. The normalized spacial score (nSPS) is 13.1. The van der Waals surface area contributed by atoms with Crippen LogP contribution in [0.1, 0.15) is 12.6 Å². The summed E-state index contributed by atoms with van der Waals surface area (Å²) >= 11 is 0. The largest absolute Gasteiger partial charge is 0.308 e. The number of fused-ring (bicyclic) bond motifs is 5. The topological polar surface area (TPSA) is 41.0 Å². The Morgan fingerprint density at radius 2 is 1.62 bits per heavy atom. The first-order valence-corrected chi connectivity index (χ1v) is 9.06. The van der Waals surface area contributed by atoms with Crippen molar-refractivity contribution in [3.05, 3.63) is 60.4 Å². The molecule has 2 aromatic carbocycles. The maximum absolute atomic E-state index is 5.04. The Balaban J connectivity index is 1.86. The number of nitrogens with one attached hydrogen (secondary N) is 1. The quantitative estimate of drug-likeness (QED) is 0.556. The van der Waals surface area contributed by atoms with Crippen molar-refractivity contribution < 1.29 is 0 Å². The van der Waals surface area contributed by atoms with Gasteiger partial charge >= 0.3 is 0 Å². The smallest absolute Gasteiger partial charge is 0.0975 e. The van der Waals surface area contributed by atoms with Crippen LogP contribution >= 0.6 is 0 Å². The minimum atomic E-state index is 0.395. The van der Waals surface area contributed by atoms with Crippen LogP contribution < -0.4 is 5.32 Å². The summed E-state index contributed by atoms with van der Waals surface area (Å²) in [6.07, 6.45) is 1.95. The summed E-state index contributed by atoms with van der Waals surface area (Å²) in [6, 6.07) is 17.2. The van der Waals surface area contributed by atoms with E-state index >= 15 is 0 Å². The third-order valence-corrected chi connectivity index (χ3v) is 4.77. The van der Waals surface area contributed by atoms with E-state index in [-0.39, 0.29) is 0 Å². The lowest BCUT2D eigenvalue weighted by Crippen LogP contribution is -2.35. The lowest BCUT2D eigenvalue weighted by atomic mass is 10.0. The Hall–Kier alpha value is -2.56. The zero-order valence-electron chi connectivity index (χ0n) is 15.5. The molecule has 0 bridgehead atoms. The van der Waals surface area contributed by atoms with Gasteiger partial charge in [-0.25, -0.2) is 4.98 Å². The zero-order valence-corrected chi connectivity index (χ0v) is 15.5. The van der Waals surface area contributed by atoms with Crippen LogP contribution in [0.4, 0.5) is 0 Å². The number of benzene rings is 2. The van der Waals surface area contributed by atoms with Gasteiger partial charge in [-0.05, 0) is 21.0 Å². The van der Waals surface area contributed by atoms with Crippen LogP contribution in [-0.4, -0.2) is 41.5 Å². The van der Waals surface area contributed by atoms with E-state index in [1.165, 1.54) is 10.8 Å². The van der Waals surface area contributed by atoms with E-state index in [0.717, 1.165) is 40.6 Å². The highest BCUT2D eigenvalue weighted by Gasteiger charge is 2.12. The molecular formula is C22H24N4. The summed E-state index contributed by atoms with van der Waals surface area (Å²) in [5.41, 5.74) is 3.04. The molecule has 26 heavy (non-hydrogen) atoms. The molecule has 2 aromatic heterocycles. The third-order valence-electron chi connectivity index (χ3n) is 4.77. The average molecular weight is 344 g/mol. The second kappa shape index (κ2) is 6.98. The molecule has 0 fully saturated rings. The van der Waals surface area contributed by atoms with Crippen LogP contribution in [0.3, 0.4) is 0 Å². The second-order valence-corrected chi connectivity index (χ2v) is 7.19. The first-order valence-electron chi connectivity index (χ1n) is 9.06. The monoisotopic (exact) mass is 344 g/mol. The van der Waals surface area contributed by atoms with E-state index in [9.17, 15) is 0 Å². The van der Waals surface area contributed by atoms with Crippen LogP contribution in [0, 0.1) is 0 Å². The fraction of sp³-hybridized carbons (Fsp3) is 0.273. The predicted octanol–water partition coefficient (Wildman–Crippen LogP) is 3.98. The molecule has 0 radical (unpaired) electrons.